The van der Waals surface area contributed by atoms with Gasteiger partial charge in [0.1, 0.15) is 0 Å². The molecule has 0 amide bonds. The van der Waals surface area contributed by atoms with E-state index in [1.165, 1.54) is 66.4 Å². The molecule has 1 aliphatic carbocycles. The van der Waals surface area contributed by atoms with Crippen LogP contribution < -0.4 is 10.2 Å². The van der Waals surface area contributed by atoms with E-state index in [9.17, 15) is 0 Å². The van der Waals surface area contributed by atoms with Crippen molar-refractivity contribution in [3.05, 3.63) is 248 Å². The lowest BCUT2D eigenvalue weighted by Gasteiger charge is -2.28. The Balaban J connectivity index is 1.10. The molecule has 0 aromatic heterocycles. The first-order valence-corrected chi connectivity index (χ1v) is 21.8. The van der Waals surface area contributed by atoms with E-state index in [0.29, 0.717) is 0 Å². The van der Waals surface area contributed by atoms with Gasteiger partial charge in [-0.15, -0.1) is 0 Å². The molecule has 300 valence electrons. The van der Waals surface area contributed by atoms with Crippen LogP contribution in [0.1, 0.15) is 25.0 Å². The molecule has 0 fully saturated rings. The van der Waals surface area contributed by atoms with Gasteiger partial charge >= 0.3 is 0 Å². The zero-order valence-electron chi connectivity index (χ0n) is 35.5. The molecule has 0 atom stereocenters. The Kier molecular flexibility index (Phi) is 9.55. The van der Waals surface area contributed by atoms with Gasteiger partial charge in [-0.05, 0) is 127 Å². The van der Waals surface area contributed by atoms with Crippen LogP contribution in [0.15, 0.2) is 237 Å². The van der Waals surface area contributed by atoms with Crippen molar-refractivity contribution in [1.29, 1.82) is 0 Å². The van der Waals surface area contributed by atoms with Crippen LogP contribution >= 0.6 is 0 Å². The summed E-state index contributed by atoms with van der Waals surface area (Å²) in [5, 5.41) is 6.29. The van der Waals surface area contributed by atoms with Crippen molar-refractivity contribution in [3.63, 3.8) is 0 Å². The number of benzene rings is 10. The summed E-state index contributed by atoms with van der Waals surface area (Å²) in [6.07, 6.45) is 0. The van der Waals surface area contributed by atoms with E-state index in [0.717, 1.165) is 39.6 Å². The van der Waals surface area contributed by atoms with E-state index >= 15 is 0 Å². The molecule has 2 nitrogen and oxygen atoms in total. The van der Waals surface area contributed by atoms with Gasteiger partial charge in [0.15, 0.2) is 0 Å². The SMILES string of the molecule is CC1(C)c2ccccc2-c2cc(-c3cc(N(c4ccc(-c5ccccc5)cc4)c4ccc(-c5ccccc5)cc4)c4ccccc4c3)c(Nc3ccc(-c4ccccc4)cc3)cc21. The maximum absolute atomic E-state index is 3.93. The molecule has 0 spiro atoms. The topological polar surface area (TPSA) is 15.3 Å². The van der Waals surface area contributed by atoms with E-state index in [1.807, 2.05) is 0 Å². The summed E-state index contributed by atoms with van der Waals surface area (Å²) in [6.45, 7) is 4.71. The Hall–Kier alpha value is -7.94. The fourth-order valence-electron chi connectivity index (χ4n) is 9.55. The highest BCUT2D eigenvalue weighted by molar-refractivity contribution is 6.04. The van der Waals surface area contributed by atoms with E-state index in [4.69, 9.17) is 0 Å². The smallest absolute Gasteiger partial charge is 0.0546 e. The Morgan fingerprint density at radius 2 is 0.825 bits per heavy atom. The third kappa shape index (κ3) is 7.06. The number of nitrogens with one attached hydrogen (secondary N) is 1. The van der Waals surface area contributed by atoms with Gasteiger partial charge in [0.2, 0.25) is 0 Å². The second-order valence-corrected chi connectivity index (χ2v) is 17.1. The summed E-state index contributed by atoms with van der Waals surface area (Å²) < 4.78 is 0. The average Bonchev–Trinajstić information content (AvgIpc) is 3.57. The van der Waals surface area contributed by atoms with Gasteiger partial charge in [0, 0.05) is 39.1 Å². The van der Waals surface area contributed by atoms with Crippen molar-refractivity contribution in [2.24, 2.45) is 0 Å². The fourth-order valence-corrected chi connectivity index (χ4v) is 9.55. The summed E-state index contributed by atoms with van der Waals surface area (Å²) in [5.41, 5.74) is 20.0. The lowest BCUT2D eigenvalue weighted by molar-refractivity contribution is 0.660. The number of fused-ring (bicyclic) bond motifs is 4. The highest BCUT2D eigenvalue weighted by atomic mass is 15.1. The lowest BCUT2D eigenvalue weighted by atomic mass is 9.81. The van der Waals surface area contributed by atoms with E-state index in [2.05, 4.69) is 261 Å². The van der Waals surface area contributed by atoms with Crippen molar-refractivity contribution >= 4 is 39.2 Å². The minimum Gasteiger partial charge on any atom is -0.355 e. The summed E-state index contributed by atoms with van der Waals surface area (Å²) in [6, 6.07) is 86.0. The highest BCUT2D eigenvalue weighted by Crippen LogP contribution is 2.52. The lowest BCUT2D eigenvalue weighted by Crippen LogP contribution is -2.15. The van der Waals surface area contributed by atoms with Crippen LogP contribution in [0.2, 0.25) is 0 Å². The van der Waals surface area contributed by atoms with Crippen LogP contribution in [0.25, 0.3) is 66.4 Å². The number of hydrogen-bond donors (Lipinski definition) is 1. The molecule has 1 aliphatic rings. The minimum absolute atomic E-state index is 0.152. The molecule has 10 aromatic carbocycles. The maximum atomic E-state index is 3.93. The maximum Gasteiger partial charge on any atom is 0.0546 e. The van der Waals surface area contributed by atoms with Crippen LogP contribution in [0, 0.1) is 0 Å². The van der Waals surface area contributed by atoms with Crippen LogP contribution in [0.5, 0.6) is 0 Å². The summed E-state index contributed by atoms with van der Waals surface area (Å²) >= 11 is 0. The normalized spacial score (nSPS) is 12.4. The molecule has 2 heteroatoms. The molecule has 1 N–H and O–H groups in total. The second kappa shape index (κ2) is 15.8. The zero-order valence-corrected chi connectivity index (χ0v) is 35.5. The molecule has 0 saturated heterocycles. The number of hydrogen-bond acceptors (Lipinski definition) is 2. The first kappa shape index (κ1) is 38.0. The van der Waals surface area contributed by atoms with Gasteiger partial charge in [-0.3, -0.25) is 0 Å². The van der Waals surface area contributed by atoms with Crippen LogP contribution in [0.3, 0.4) is 0 Å². The van der Waals surface area contributed by atoms with E-state index in [1.54, 1.807) is 0 Å². The molecule has 11 rings (SSSR count). The number of anilines is 5. The van der Waals surface area contributed by atoms with Gasteiger partial charge in [0.25, 0.3) is 0 Å². The summed E-state index contributed by atoms with van der Waals surface area (Å²) in [7, 11) is 0. The first-order chi connectivity index (χ1) is 31.0. The Bertz CT molecular complexity index is 3140. The molecule has 0 unspecified atom stereocenters. The molecule has 0 aliphatic heterocycles. The minimum atomic E-state index is -0.152. The third-order valence-electron chi connectivity index (χ3n) is 12.8. The largest absolute Gasteiger partial charge is 0.355 e. The predicted octanol–water partition coefficient (Wildman–Crippen LogP) is 17.0. The second-order valence-electron chi connectivity index (χ2n) is 17.1. The van der Waals surface area contributed by atoms with Crippen molar-refractivity contribution in [1.82, 2.24) is 0 Å². The van der Waals surface area contributed by atoms with Crippen molar-refractivity contribution in [2.75, 3.05) is 10.2 Å². The number of rotatable bonds is 9. The molecular weight excluding hydrogens is 761 g/mol. The molecule has 0 saturated carbocycles. The van der Waals surface area contributed by atoms with Crippen LogP contribution in [-0.2, 0) is 5.41 Å². The molecule has 0 radical (unpaired) electrons. The predicted molar refractivity (Wildman–Crippen MR) is 268 cm³/mol. The van der Waals surface area contributed by atoms with Gasteiger partial charge < -0.3 is 10.2 Å². The van der Waals surface area contributed by atoms with Crippen LogP contribution in [0.4, 0.5) is 28.4 Å². The Labute approximate surface area is 370 Å². The van der Waals surface area contributed by atoms with Crippen molar-refractivity contribution in [2.45, 2.75) is 19.3 Å². The fraction of sp³-hybridized carbons (Fsp3) is 0.0492. The monoisotopic (exact) mass is 806 g/mol. The van der Waals surface area contributed by atoms with E-state index in [-0.39, 0.29) is 5.41 Å². The molecule has 0 heterocycles. The van der Waals surface area contributed by atoms with Gasteiger partial charge in [-0.2, -0.15) is 0 Å². The Morgan fingerprint density at radius 3 is 1.40 bits per heavy atom. The molecule has 10 aromatic rings. The Morgan fingerprint density at radius 1 is 0.349 bits per heavy atom. The van der Waals surface area contributed by atoms with Gasteiger partial charge in [-0.1, -0.05) is 190 Å². The first-order valence-electron chi connectivity index (χ1n) is 21.8. The molecular formula is C61H46N2. The zero-order chi connectivity index (χ0) is 42.3. The summed E-state index contributed by atoms with van der Waals surface area (Å²) in [5.74, 6) is 0. The third-order valence-corrected chi connectivity index (χ3v) is 12.8. The van der Waals surface area contributed by atoms with Gasteiger partial charge in [0.05, 0.1) is 5.69 Å². The van der Waals surface area contributed by atoms with Crippen molar-refractivity contribution in [3.8, 4) is 55.6 Å². The highest BCUT2D eigenvalue weighted by Gasteiger charge is 2.36. The average molecular weight is 807 g/mol. The molecule has 0 bridgehead atoms. The summed E-state index contributed by atoms with van der Waals surface area (Å²) in [4.78, 5) is 2.43. The standard InChI is InChI=1S/C61H46N2/c1-61(2)57-25-15-14-24-54(57)56-40-55(59(41-58(56)61)62-50-32-26-45(27-33-50)42-16-6-3-7-17-42)49-38-48-22-12-13-23-53(48)60(39-49)63(51-34-28-46(29-35-51)43-18-8-4-9-19-43)52-36-30-47(31-37-52)44-20-10-5-11-21-44/h3-41,62H,1-2H3. The van der Waals surface area contributed by atoms with Crippen molar-refractivity contribution < 1.29 is 0 Å². The number of nitrogens with zero attached hydrogens (tertiary/aromatic N) is 1. The quantitative estimate of drug-likeness (QED) is 0.156. The van der Waals surface area contributed by atoms with Crippen LogP contribution in [-0.4, -0.2) is 0 Å². The van der Waals surface area contributed by atoms with Gasteiger partial charge in [-0.25, -0.2) is 0 Å². The van der Waals surface area contributed by atoms with E-state index < -0.39 is 0 Å². The molecule has 63 heavy (non-hydrogen) atoms.